The van der Waals surface area contributed by atoms with Crippen molar-refractivity contribution in [2.45, 2.75) is 20.8 Å². The number of hydrogen-bond acceptors (Lipinski definition) is 3. The third-order valence-electron chi connectivity index (χ3n) is 4.14. The molecule has 0 spiro atoms. The van der Waals surface area contributed by atoms with Gasteiger partial charge in [0, 0.05) is 23.1 Å². The summed E-state index contributed by atoms with van der Waals surface area (Å²) < 4.78 is 7.20. The molecule has 122 valence electrons. The first-order valence-electron chi connectivity index (χ1n) is 7.92. The minimum absolute atomic E-state index is 0.124. The lowest BCUT2D eigenvalue weighted by Gasteiger charge is -2.21. The second-order valence-electron chi connectivity index (χ2n) is 5.72. The van der Waals surface area contributed by atoms with Gasteiger partial charge >= 0.3 is 5.97 Å². The van der Waals surface area contributed by atoms with E-state index in [1.807, 2.05) is 48.9 Å². The lowest BCUT2D eigenvalue weighted by atomic mass is 9.97. The van der Waals surface area contributed by atoms with Crippen LogP contribution >= 0.6 is 0 Å². The minimum Gasteiger partial charge on any atom is -0.462 e. The van der Waals surface area contributed by atoms with Crippen molar-refractivity contribution < 1.29 is 9.53 Å². The molecule has 1 aromatic rings. The Labute approximate surface area is 140 Å². The zero-order valence-electron chi connectivity index (χ0n) is 14.0. The molecule has 0 N–H and O–H groups in total. The second kappa shape index (κ2) is 6.32. The fourth-order valence-corrected chi connectivity index (χ4v) is 2.96. The number of hydrogen-bond donors (Lipinski definition) is 0. The number of aryl methyl sites for hydroxylation is 1. The van der Waals surface area contributed by atoms with Crippen molar-refractivity contribution in [1.82, 2.24) is 4.57 Å². The predicted molar refractivity (Wildman–Crippen MR) is 94.1 cm³/mol. The normalized spacial score (nSPS) is 10.8. The van der Waals surface area contributed by atoms with E-state index >= 15 is 0 Å². The molecule has 0 atom stereocenters. The number of carbonyl (C=O) groups excluding carboxylic acids is 1. The Morgan fingerprint density at radius 2 is 1.88 bits per heavy atom. The predicted octanol–water partition coefficient (Wildman–Crippen LogP) is 3.74. The van der Waals surface area contributed by atoms with Crippen molar-refractivity contribution in [3.8, 4) is 16.8 Å². The van der Waals surface area contributed by atoms with Crippen molar-refractivity contribution in [3.63, 3.8) is 0 Å². The quantitative estimate of drug-likeness (QED) is 0.691. The summed E-state index contributed by atoms with van der Waals surface area (Å²) in [6.45, 7) is 5.95. The summed E-state index contributed by atoms with van der Waals surface area (Å²) in [6.07, 6.45) is 1.95. The molecule has 2 aliphatic rings. The fourth-order valence-electron chi connectivity index (χ4n) is 2.96. The molecular formula is C20H19NO3. The Morgan fingerprint density at radius 1 is 1.12 bits per heavy atom. The highest BCUT2D eigenvalue weighted by Gasteiger charge is 2.22. The van der Waals surface area contributed by atoms with Crippen LogP contribution in [0.5, 0.6) is 0 Å². The lowest BCUT2D eigenvalue weighted by Crippen LogP contribution is -2.16. The van der Waals surface area contributed by atoms with E-state index in [0.717, 1.165) is 22.5 Å². The van der Waals surface area contributed by atoms with Crippen LogP contribution in [0.4, 0.5) is 0 Å². The SMILES string of the molecule is CCOC(=O)c1c2cc(=O)ccc-2cn(-c2ccccc2C)c1C. The van der Waals surface area contributed by atoms with Gasteiger partial charge in [0.1, 0.15) is 0 Å². The molecule has 0 amide bonds. The molecule has 0 bridgehead atoms. The van der Waals surface area contributed by atoms with E-state index in [-0.39, 0.29) is 12.0 Å². The number of fused-ring (bicyclic) bond motifs is 1. The van der Waals surface area contributed by atoms with Crippen LogP contribution in [-0.4, -0.2) is 17.1 Å². The van der Waals surface area contributed by atoms with E-state index in [1.165, 1.54) is 12.1 Å². The van der Waals surface area contributed by atoms with Crippen LogP contribution in [0.1, 0.15) is 28.5 Å². The topological polar surface area (TPSA) is 48.3 Å². The molecule has 0 saturated carbocycles. The summed E-state index contributed by atoms with van der Waals surface area (Å²) in [4.78, 5) is 24.3. The molecule has 0 aromatic heterocycles. The van der Waals surface area contributed by atoms with Crippen LogP contribution in [0.25, 0.3) is 16.8 Å². The first-order chi connectivity index (χ1) is 11.5. The molecule has 0 saturated heterocycles. The highest BCUT2D eigenvalue weighted by atomic mass is 16.5. The zero-order valence-corrected chi connectivity index (χ0v) is 14.0. The van der Waals surface area contributed by atoms with Gasteiger partial charge in [0.15, 0.2) is 5.43 Å². The van der Waals surface area contributed by atoms with Crippen LogP contribution in [0.15, 0.2) is 53.5 Å². The molecule has 0 radical (unpaired) electrons. The molecule has 1 aromatic carbocycles. The van der Waals surface area contributed by atoms with Gasteiger partial charge < -0.3 is 9.30 Å². The molecule has 24 heavy (non-hydrogen) atoms. The van der Waals surface area contributed by atoms with Gasteiger partial charge in [-0.3, -0.25) is 4.79 Å². The van der Waals surface area contributed by atoms with Crippen molar-refractivity contribution in [2.24, 2.45) is 0 Å². The van der Waals surface area contributed by atoms with E-state index in [0.29, 0.717) is 11.1 Å². The van der Waals surface area contributed by atoms with Crippen molar-refractivity contribution in [1.29, 1.82) is 0 Å². The average Bonchev–Trinajstić information content (AvgIpc) is 2.55. The number of rotatable bonds is 3. The average molecular weight is 321 g/mol. The molecule has 1 heterocycles. The van der Waals surface area contributed by atoms with Gasteiger partial charge in [0.25, 0.3) is 0 Å². The monoisotopic (exact) mass is 321 g/mol. The van der Waals surface area contributed by atoms with E-state index < -0.39 is 5.97 Å². The van der Waals surface area contributed by atoms with Gasteiger partial charge in [0.05, 0.1) is 12.2 Å². The summed E-state index contributed by atoms with van der Waals surface area (Å²) in [5.74, 6) is -0.409. The van der Waals surface area contributed by atoms with Crippen LogP contribution in [0, 0.1) is 13.8 Å². The number of nitrogens with zero attached hydrogens (tertiary/aromatic N) is 1. The van der Waals surface area contributed by atoms with Gasteiger partial charge in [0.2, 0.25) is 0 Å². The van der Waals surface area contributed by atoms with Gasteiger partial charge in [-0.15, -0.1) is 0 Å². The molecule has 0 fully saturated rings. The maximum atomic E-state index is 12.5. The molecule has 0 unspecified atom stereocenters. The van der Waals surface area contributed by atoms with Crippen molar-refractivity contribution in [3.05, 3.63) is 75.7 Å². The molecular weight excluding hydrogens is 302 g/mol. The number of pyridine rings is 1. The van der Waals surface area contributed by atoms with Gasteiger partial charge in [-0.05, 0) is 56.2 Å². The Balaban J connectivity index is 2.37. The summed E-state index contributed by atoms with van der Waals surface area (Å²) in [5, 5.41) is 0. The Morgan fingerprint density at radius 3 is 2.58 bits per heavy atom. The Bertz CT molecular complexity index is 940. The Hall–Kier alpha value is -2.88. The number of para-hydroxylation sites is 1. The smallest absolute Gasteiger partial charge is 0.340 e. The Kier molecular flexibility index (Phi) is 4.21. The highest BCUT2D eigenvalue weighted by molar-refractivity contribution is 5.99. The molecule has 1 aliphatic heterocycles. The van der Waals surface area contributed by atoms with E-state index in [2.05, 4.69) is 0 Å². The van der Waals surface area contributed by atoms with Crippen LogP contribution < -0.4 is 5.43 Å². The van der Waals surface area contributed by atoms with Crippen molar-refractivity contribution >= 4 is 5.97 Å². The number of ether oxygens (including phenoxy) is 1. The number of aromatic nitrogens is 1. The summed E-state index contributed by atoms with van der Waals surface area (Å²) >= 11 is 0. The highest BCUT2D eigenvalue weighted by Crippen LogP contribution is 2.30. The zero-order chi connectivity index (χ0) is 17.3. The minimum atomic E-state index is -0.409. The van der Waals surface area contributed by atoms with Gasteiger partial charge in [-0.2, -0.15) is 0 Å². The third-order valence-corrected chi connectivity index (χ3v) is 4.14. The van der Waals surface area contributed by atoms with Crippen LogP contribution in [0.3, 0.4) is 0 Å². The first kappa shape index (κ1) is 16.0. The summed E-state index contributed by atoms with van der Waals surface area (Å²) in [7, 11) is 0. The van der Waals surface area contributed by atoms with Gasteiger partial charge in [-0.1, -0.05) is 18.2 Å². The lowest BCUT2D eigenvalue weighted by molar-refractivity contribution is 0.0525. The number of benzene rings is 2. The van der Waals surface area contributed by atoms with Gasteiger partial charge in [-0.25, -0.2) is 4.79 Å². The van der Waals surface area contributed by atoms with Crippen LogP contribution in [0.2, 0.25) is 0 Å². The molecule has 4 nitrogen and oxygen atoms in total. The first-order valence-corrected chi connectivity index (χ1v) is 7.92. The van der Waals surface area contributed by atoms with Crippen LogP contribution in [-0.2, 0) is 4.74 Å². The van der Waals surface area contributed by atoms with E-state index in [9.17, 15) is 9.59 Å². The number of esters is 1. The fraction of sp³-hybridized carbons (Fsp3) is 0.200. The standard InChI is InChI=1S/C20H19NO3/c1-4-24-20(23)19-14(3)21(18-8-6-5-7-13(18)2)12-15-9-10-16(22)11-17(15)19/h5-12H,4H2,1-3H3. The number of carbonyl (C=O) groups is 1. The van der Waals surface area contributed by atoms with E-state index in [1.54, 1.807) is 13.0 Å². The molecule has 4 heteroatoms. The maximum absolute atomic E-state index is 12.5. The maximum Gasteiger partial charge on any atom is 0.340 e. The summed E-state index contributed by atoms with van der Waals surface area (Å²) in [5.41, 5.74) is 4.61. The molecule has 3 rings (SSSR count). The third kappa shape index (κ3) is 2.71. The van der Waals surface area contributed by atoms with Crippen molar-refractivity contribution in [2.75, 3.05) is 6.61 Å². The van der Waals surface area contributed by atoms with E-state index in [4.69, 9.17) is 4.74 Å². The largest absolute Gasteiger partial charge is 0.462 e. The summed E-state index contributed by atoms with van der Waals surface area (Å²) in [6, 6.07) is 12.7. The second-order valence-corrected chi connectivity index (χ2v) is 5.72. The molecule has 1 aliphatic carbocycles.